The second-order valence-corrected chi connectivity index (χ2v) is 5.36. The molecule has 0 bridgehead atoms. The van der Waals surface area contributed by atoms with Gasteiger partial charge in [-0.05, 0) is 20.8 Å². The Hall–Kier alpha value is -1.30. The minimum Gasteiger partial charge on any atom is -0.463 e. The van der Waals surface area contributed by atoms with Crippen molar-refractivity contribution < 1.29 is 23.8 Å². The average Bonchev–Trinajstić information content (AvgIpc) is 2.24. The van der Waals surface area contributed by atoms with Crippen LogP contribution in [0.15, 0.2) is 0 Å². The first-order chi connectivity index (χ1) is 8.72. The maximum absolute atomic E-state index is 11.3. The lowest BCUT2D eigenvalue weighted by Gasteiger charge is -2.19. The number of hydrogen-bond acceptors (Lipinski definition) is 5. The molecular weight excluding hydrogens is 250 g/mol. The summed E-state index contributed by atoms with van der Waals surface area (Å²) in [5.74, 6) is -0.371. The van der Waals surface area contributed by atoms with E-state index in [-0.39, 0.29) is 18.5 Å². The Morgan fingerprint density at radius 2 is 1.74 bits per heavy atom. The van der Waals surface area contributed by atoms with Gasteiger partial charge < -0.3 is 19.5 Å². The molecule has 0 atom stereocenters. The number of hydrogen-bond donors (Lipinski definition) is 1. The number of esters is 1. The number of rotatable bonds is 7. The van der Waals surface area contributed by atoms with Gasteiger partial charge in [-0.25, -0.2) is 4.79 Å². The molecule has 0 aromatic carbocycles. The first kappa shape index (κ1) is 17.7. The highest BCUT2D eigenvalue weighted by Crippen LogP contribution is 2.05. The highest BCUT2D eigenvalue weighted by molar-refractivity contribution is 5.71. The van der Waals surface area contributed by atoms with Crippen molar-refractivity contribution >= 4 is 12.1 Å². The summed E-state index contributed by atoms with van der Waals surface area (Å²) >= 11 is 0. The molecule has 0 saturated carbocycles. The monoisotopic (exact) mass is 275 g/mol. The molecule has 0 spiro atoms. The zero-order chi connectivity index (χ0) is 14.9. The van der Waals surface area contributed by atoms with Crippen LogP contribution in [0.25, 0.3) is 0 Å². The van der Waals surface area contributed by atoms with Gasteiger partial charge in [0.15, 0.2) is 0 Å². The molecule has 19 heavy (non-hydrogen) atoms. The number of alkyl carbamates (subject to hydrolysis) is 1. The van der Waals surface area contributed by atoms with E-state index in [1.807, 2.05) is 0 Å². The van der Waals surface area contributed by atoms with Crippen LogP contribution in [0.4, 0.5) is 4.79 Å². The fourth-order valence-electron chi connectivity index (χ4n) is 1.01. The smallest absolute Gasteiger partial charge is 0.407 e. The van der Waals surface area contributed by atoms with Gasteiger partial charge in [0.05, 0.1) is 19.1 Å². The second kappa shape index (κ2) is 8.74. The van der Waals surface area contributed by atoms with E-state index in [1.165, 1.54) is 0 Å². The molecule has 112 valence electrons. The normalized spacial score (nSPS) is 11.3. The van der Waals surface area contributed by atoms with Crippen molar-refractivity contribution in [3.05, 3.63) is 0 Å². The van der Waals surface area contributed by atoms with Crippen LogP contribution in [-0.4, -0.2) is 44.0 Å². The molecule has 0 radical (unpaired) electrons. The predicted octanol–water partition coefficient (Wildman–Crippen LogP) is 1.73. The number of ether oxygens (including phenoxy) is 3. The third-order valence-electron chi connectivity index (χ3n) is 1.86. The van der Waals surface area contributed by atoms with E-state index in [1.54, 1.807) is 34.6 Å². The van der Waals surface area contributed by atoms with Gasteiger partial charge in [0.2, 0.25) is 0 Å². The van der Waals surface area contributed by atoms with Gasteiger partial charge in [-0.3, -0.25) is 4.79 Å². The number of amides is 1. The van der Waals surface area contributed by atoms with Crippen molar-refractivity contribution in [2.24, 2.45) is 5.92 Å². The molecule has 0 aromatic rings. The average molecular weight is 275 g/mol. The van der Waals surface area contributed by atoms with Crippen LogP contribution < -0.4 is 5.32 Å². The van der Waals surface area contributed by atoms with E-state index in [0.717, 1.165) is 0 Å². The third kappa shape index (κ3) is 11.5. The van der Waals surface area contributed by atoms with E-state index >= 15 is 0 Å². The molecule has 6 nitrogen and oxygen atoms in total. The molecule has 0 unspecified atom stereocenters. The largest absolute Gasteiger partial charge is 0.463 e. The van der Waals surface area contributed by atoms with Gasteiger partial charge in [0, 0.05) is 6.54 Å². The van der Waals surface area contributed by atoms with Crippen LogP contribution in [0.1, 0.15) is 34.6 Å². The van der Waals surface area contributed by atoms with E-state index < -0.39 is 11.7 Å². The van der Waals surface area contributed by atoms with Gasteiger partial charge in [-0.15, -0.1) is 0 Å². The van der Waals surface area contributed by atoms with Crippen LogP contribution in [-0.2, 0) is 19.0 Å². The van der Waals surface area contributed by atoms with Crippen molar-refractivity contribution in [2.45, 2.75) is 40.2 Å². The summed E-state index contributed by atoms with van der Waals surface area (Å²) in [4.78, 5) is 22.4. The molecule has 1 N–H and O–H groups in total. The fraction of sp³-hybridized carbons (Fsp3) is 0.846. The van der Waals surface area contributed by atoms with Crippen LogP contribution in [0.3, 0.4) is 0 Å². The minimum absolute atomic E-state index is 0.131. The second-order valence-electron chi connectivity index (χ2n) is 5.36. The molecule has 0 saturated heterocycles. The maximum atomic E-state index is 11.3. The molecule has 0 aliphatic heterocycles. The van der Waals surface area contributed by atoms with Crippen molar-refractivity contribution in [1.82, 2.24) is 5.32 Å². The highest BCUT2D eigenvalue weighted by Gasteiger charge is 2.15. The Balaban J connectivity index is 3.41. The summed E-state index contributed by atoms with van der Waals surface area (Å²) in [5.41, 5.74) is -0.504. The maximum Gasteiger partial charge on any atom is 0.407 e. The summed E-state index contributed by atoms with van der Waals surface area (Å²) < 4.78 is 15.2. The molecule has 1 amide bonds. The summed E-state index contributed by atoms with van der Waals surface area (Å²) in [6, 6.07) is 0. The fourth-order valence-corrected chi connectivity index (χ4v) is 1.01. The lowest BCUT2D eigenvalue weighted by molar-refractivity contribution is -0.148. The van der Waals surface area contributed by atoms with E-state index in [9.17, 15) is 9.59 Å². The van der Waals surface area contributed by atoms with Crippen molar-refractivity contribution in [3.63, 3.8) is 0 Å². The van der Waals surface area contributed by atoms with E-state index in [0.29, 0.717) is 19.8 Å². The lowest BCUT2D eigenvalue weighted by atomic mass is 10.2. The molecule has 6 heteroatoms. The van der Waals surface area contributed by atoms with E-state index in [4.69, 9.17) is 14.2 Å². The zero-order valence-corrected chi connectivity index (χ0v) is 12.4. The Morgan fingerprint density at radius 1 is 1.11 bits per heavy atom. The van der Waals surface area contributed by atoms with Gasteiger partial charge in [-0.1, -0.05) is 13.8 Å². The quantitative estimate of drug-likeness (QED) is 0.566. The first-order valence-corrected chi connectivity index (χ1v) is 6.43. The predicted molar refractivity (Wildman–Crippen MR) is 70.9 cm³/mol. The summed E-state index contributed by atoms with van der Waals surface area (Å²) in [7, 11) is 0. The van der Waals surface area contributed by atoms with Crippen molar-refractivity contribution in [2.75, 3.05) is 26.4 Å². The van der Waals surface area contributed by atoms with Gasteiger partial charge >= 0.3 is 12.1 Å². The molecule has 0 fully saturated rings. The van der Waals surface area contributed by atoms with E-state index in [2.05, 4.69) is 5.32 Å². The van der Waals surface area contributed by atoms with Crippen LogP contribution in [0.2, 0.25) is 0 Å². The minimum atomic E-state index is -0.504. The Kier molecular flexibility index (Phi) is 8.14. The standard InChI is InChI=1S/C13H25NO5/c1-10(2)11(15)18-9-8-17-7-6-14-12(16)19-13(3,4)5/h10H,6-9H2,1-5H3,(H,14,16). The summed E-state index contributed by atoms with van der Waals surface area (Å²) in [5, 5.41) is 2.56. The van der Waals surface area contributed by atoms with Gasteiger partial charge in [0.25, 0.3) is 0 Å². The van der Waals surface area contributed by atoms with Crippen LogP contribution >= 0.6 is 0 Å². The number of carbonyl (C=O) groups excluding carboxylic acids is 2. The highest BCUT2D eigenvalue weighted by atomic mass is 16.6. The number of nitrogens with one attached hydrogen (secondary N) is 1. The SMILES string of the molecule is CC(C)C(=O)OCCOCCNC(=O)OC(C)(C)C. The molecule has 0 aromatic heterocycles. The summed E-state index contributed by atoms with van der Waals surface area (Å²) in [6.07, 6.45) is -0.470. The zero-order valence-electron chi connectivity index (χ0n) is 12.4. The van der Waals surface area contributed by atoms with Crippen LogP contribution in [0, 0.1) is 5.92 Å². The summed E-state index contributed by atoms with van der Waals surface area (Å²) in [6.45, 7) is 10.2. The van der Waals surface area contributed by atoms with Crippen molar-refractivity contribution in [3.8, 4) is 0 Å². The van der Waals surface area contributed by atoms with Gasteiger partial charge in [-0.2, -0.15) is 0 Å². The molecule has 0 heterocycles. The van der Waals surface area contributed by atoms with Gasteiger partial charge in [0.1, 0.15) is 12.2 Å². The third-order valence-corrected chi connectivity index (χ3v) is 1.86. The van der Waals surface area contributed by atoms with Crippen molar-refractivity contribution in [1.29, 1.82) is 0 Å². The first-order valence-electron chi connectivity index (χ1n) is 6.43. The topological polar surface area (TPSA) is 73.9 Å². The molecule has 0 aliphatic carbocycles. The Labute approximate surface area is 114 Å². The Bertz CT molecular complexity index is 283. The molecule has 0 rings (SSSR count). The Morgan fingerprint density at radius 3 is 2.26 bits per heavy atom. The molecular formula is C13H25NO5. The number of carbonyl (C=O) groups is 2. The lowest BCUT2D eigenvalue weighted by Crippen LogP contribution is -2.34. The molecule has 0 aliphatic rings. The van der Waals surface area contributed by atoms with Crippen LogP contribution in [0.5, 0.6) is 0 Å².